The summed E-state index contributed by atoms with van der Waals surface area (Å²) >= 11 is 0. The molecule has 0 radical (unpaired) electrons. The molecular formula is C19H23N3O2. The Hall–Kier alpha value is -2.53. The summed E-state index contributed by atoms with van der Waals surface area (Å²) in [6.07, 6.45) is 0.982. The fourth-order valence-electron chi connectivity index (χ4n) is 2.99. The molecule has 126 valence electrons. The van der Waals surface area contributed by atoms with E-state index in [1.54, 1.807) is 7.11 Å². The van der Waals surface area contributed by atoms with Crippen molar-refractivity contribution in [1.82, 2.24) is 4.90 Å². The zero-order valence-corrected chi connectivity index (χ0v) is 13.9. The van der Waals surface area contributed by atoms with Crippen molar-refractivity contribution in [2.45, 2.75) is 6.42 Å². The number of nitrogens with two attached hydrogens (primary N) is 1. The van der Waals surface area contributed by atoms with Gasteiger partial charge in [-0.2, -0.15) is 0 Å². The molecule has 0 saturated carbocycles. The Kier molecular flexibility index (Phi) is 5.01. The van der Waals surface area contributed by atoms with Gasteiger partial charge in [0.15, 0.2) is 0 Å². The van der Waals surface area contributed by atoms with Gasteiger partial charge >= 0.3 is 0 Å². The third kappa shape index (κ3) is 3.51. The molecule has 1 aliphatic heterocycles. The Morgan fingerprint density at radius 2 is 2.00 bits per heavy atom. The number of hydrogen-bond donors (Lipinski definition) is 2. The highest BCUT2D eigenvalue weighted by Gasteiger charge is 2.27. The van der Waals surface area contributed by atoms with Crippen molar-refractivity contribution >= 4 is 17.3 Å². The lowest BCUT2D eigenvalue weighted by Crippen LogP contribution is -2.30. The number of amides is 1. The van der Waals surface area contributed by atoms with Crippen LogP contribution in [0.2, 0.25) is 0 Å². The Morgan fingerprint density at radius 1 is 1.25 bits per heavy atom. The van der Waals surface area contributed by atoms with E-state index in [9.17, 15) is 4.79 Å². The van der Waals surface area contributed by atoms with Crippen molar-refractivity contribution in [3.05, 3.63) is 54.1 Å². The minimum atomic E-state index is 0.0579. The lowest BCUT2D eigenvalue weighted by molar-refractivity contribution is 0.0788. The Morgan fingerprint density at radius 3 is 2.67 bits per heavy atom. The standard InChI is InChI=1S/C19H23N3O2/c1-24-16-8-6-15(7-9-16)21-18-5-3-2-4-17(18)19(23)22-11-10-14(12-20)13-22/h2-9,14,21H,10-13,20H2,1H3. The molecule has 3 rings (SSSR count). The van der Waals surface area contributed by atoms with Crippen LogP contribution in [0, 0.1) is 5.92 Å². The van der Waals surface area contributed by atoms with Gasteiger partial charge in [0.2, 0.25) is 0 Å². The van der Waals surface area contributed by atoms with Gasteiger partial charge in [-0.15, -0.1) is 0 Å². The molecule has 1 heterocycles. The van der Waals surface area contributed by atoms with Crippen LogP contribution >= 0.6 is 0 Å². The number of carbonyl (C=O) groups is 1. The maximum absolute atomic E-state index is 12.8. The largest absolute Gasteiger partial charge is 0.497 e. The average molecular weight is 325 g/mol. The molecule has 2 aromatic rings. The van der Waals surface area contributed by atoms with E-state index in [1.165, 1.54) is 0 Å². The predicted octanol–water partition coefficient (Wildman–Crippen LogP) is 2.86. The van der Waals surface area contributed by atoms with Crippen LogP contribution < -0.4 is 15.8 Å². The van der Waals surface area contributed by atoms with E-state index in [2.05, 4.69) is 5.32 Å². The first-order valence-corrected chi connectivity index (χ1v) is 8.20. The normalized spacial score (nSPS) is 16.9. The van der Waals surface area contributed by atoms with E-state index in [1.807, 2.05) is 53.4 Å². The first-order valence-electron chi connectivity index (χ1n) is 8.20. The SMILES string of the molecule is COc1ccc(Nc2ccccc2C(=O)N2CCC(CN)C2)cc1. The first kappa shape index (κ1) is 16.3. The number of ether oxygens (including phenoxy) is 1. The van der Waals surface area contributed by atoms with Gasteiger partial charge in [-0.1, -0.05) is 12.1 Å². The minimum absolute atomic E-state index is 0.0579. The summed E-state index contributed by atoms with van der Waals surface area (Å²) in [7, 11) is 1.64. The van der Waals surface area contributed by atoms with Crippen molar-refractivity contribution in [1.29, 1.82) is 0 Å². The van der Waals surface area contributed by atoms with Crippen LogP contribution in [0.3, 0.4) is 0 Å². The molecule has 0 bridgehead atoms. The average Bonchev–Trinajstić information content (AvgIpc) is 3.11. The Bertz CT molecular complexity index is 700. The van der Waals surface area contributed by atoms with E-state index in [0.717, 1.165) is 36.6 Å². The predicted molar refractivity (Wildman–Crippen MR) is 95.8 cm³/mol. The number of nitrogens with one attached hydrogen (secondary N) is 1. The van der Waals surface area contributed by atoms with E-state index in [-0.39, 0.29) is 5.91 Å². The molecule has 2 aromatic carbocycles. The second-order valence-electron chi connectivity index (χ2n) is 6.04. The van der Waals surface area contributed by atoms with E-state index in [0.29, 0.717) is 18.0 Å². The van der Waals surface area contributed by atoms with Gasteiger partial charge in [-0.3, -0.25) is 4.79 Å². The Balaban J connectivity index is 1.78. The van der Waals surface area contributed by atoms with Crippen molar-refractivity contribution in [2.24, 2.45) is 11.7 Å². The summed E-state index contributed by atoms with van der Waals surface area (Å²) in [6, 6.07) is 15.2. The molecule has 5 heteroatoms. The van der Waals surface area contributed by atoms with Crippen LogP contribution in [0.5, 0.6) is 5.75 Å². The van der Waals surface area contributed by atoms with Crippen molar-refractivity contribution in [2.75, 3.05) is 32.1 Å². The van der Waals surface area contributed by atoms with Crippen LogP contribution in [0.4, 0.5) is 11.4 Å². The third-order valence-electron chi connectivity index (χ3n) is 4.43. The number of methoxy groups -OCH3 is 1. The summed E-state index contributed by atoms with van der Waals surface area (Å²) in [5.41, 5.74) is 8.14. The summed E-state index contributed by atoms with van der Waals surface area (Å²) in [5.74, 6) is 1.27. The second-order valence-corrected chi connectivity index (χ2v) is 6.04. The number of anilines is 2. The molecule has 1 amide bonds. The zero-order chi connectivity index (χ0) is 16.9. The lowest BCUT2D eigenvalue weighted by Gasteiger charge is -2.19. The van der Waals surface area contributed by atoms with Gasteiger partial charge in [0, 0.05) is 18.8 Å². The van der Waals surface area contributed by atoms with E-state index in [4.69, 9.17) is 10.5 Å². The van der Waals surface area contributed by atoms with Crippen molar-refractivity contribution in [3.63, 3.8) is 0 Å². The molecule has 1 fully saturated rings. The van der Waals surface area contributed by atoms with Gasteiger partial charge in [0.25, 0.3) is 5.91 Å². The van der Waals surface area contributed by atoms with Crippen molar-refractivity contribution < 1.29 is 9.53 Å². The number of carbonyl (C=O) groups excluding carboxylic acids is 1. The maximum Gasteiger partial charge on any atom is 0.255 e. The van der Waals surface area contributed by atoms with Crippen LogP contribution in [0.15, 0.2) is 48.5 Å². The first-order chi connectivity index (χ1) is 11.7. The summed E-state index contributed by atoms with van der Waals surface area (Å²) in [6.45, 7) is 2.15. The lowest BCUT2D eigenvalue weighted by atomic mass is 10.1. The van der Waals surface area contributed by atoms with Gasteiger partial charge < -0.3 is 20.7 Å². The highest BCUT2D eigenvalue weighted by Crippen LogP contribution is 2.25. The van der Waals surface area contributed by atoms with Gasteiger partial charge in [-0.05, 0) is 55.3 Å². The number of rotatable bonds is 5. The number of hydrogen-bond acceptors (Lipinski definition) is 4. The third-order valence-corrected chi connectivity index (χ3v) is 4.43. The monoisotopic (exact) mass is 325 g/mol. The molecule has 1 atom stereocenters. The van der Waals surface area contributed by atoms with Gasteiger partial charge in [0.05, 0.1) is 18.4 Å². The van der Waals surface area contributed by atoms with Crippen LogP contribution in [-0.2, 0) is 0 Å². The molecule has 24 heavy (non-hydrogen) atoms. The number of para-hydroxylation sites is 1. The summed E-state index contributed by atoms with van der Waals surface area (Å²) < 4.78 is 5.17. The maximum atomic E-state index is 12.8. The zero-order valence-electron chi connectivity index (χ0n) is 13.9. The minimum Gasteiger partial charge on any atom is -0.497 e. The van der Waals surface area contributed by atoms with Crippen LogP contribution in [0.1, 0.15) is 16.8 Å². The number of benzene rings is 2. The fourth-order valence-corrected chi connectivity index (χ4v) is 2.99. The smallest absolute Gasteiger partial charge is 0.255 e. The number of nitrogens with zero attached hydrogens (tertiary/aromatic N) is 1. The molecule has 0 aliphatic carbocycles. The van der Waals surface area contributed by atoms with Crippen molar-refractivity contribution in [3.8, 4) is 5.75 Å². The van der Waals surface area contributed by atoms with Crippen LogP contribution in [0.25, 0.3) is 0 Å². The van der Waals surface area contributed by atoms with E-state index >= 15 is 0 Å². The molecule has 1 saturated heterocycles. The summed E-state index contributed by atoms with van der Waals surface area (Å²) in [5, 5.41) is 3.33. The highest BCUT2D eigenvalue weighted by molar-refractivity contribution is 6.00. The Labute approximate surface area is 142 Å². The molecule has 3 N–H and O–H groups in total. The highest BCUT2D eigenvalue weighted by atomic mass is 16.5. The molecule has 1 aliphatic rings. The topological polar surface area (TPSA) is 67.6 Å². The molecule has 0 aromatic heterocycles. The van der Waals surface area contributed by atoms with Gasteiger partial charge in [0.1, 0.15) is 5.75 Å². The van der Waals surface area contributed by atoms with Crippen LogP contribution in [-0.4, -0.2) is 37.6 Å². The molecule has 1 unspecified atom stereocenters. The fraction of sp³-hybridized carbons (Fsp3) is 0.316. The number of likely N-dealkylation sites (tertiary alicyclic amines) is 1. The van der Waals surface area contributed by atoms with E-state index < -0.39 is 0 Å². The quantitative estimate of drug-likeness (QED) is 0.887. The molecular weight excluding hydrogens is 302 g/mol. The molecule has 5 nitrogen and oxygen atoms in total. The molecule has 0 spiro atoms. The second kappa shape index (κ2) is 7.36. The summed E-state index contributed by atoms with van der Waals surface area (Å²) in [4.78, 5) is 14.7. The van der Waals surface area contributed by atoms with Gasteiger partial charge in [-0.25, -0.2) is 0 Å².